The highest BCUT2D eigenvalue weighted by atomic mass is 79.9. The highest BCUT2D eigenvalue weighted by Gasteiger charge is 2.06. The fraction of sp³-hybridized carbons (Fsp3) is 0.143. The molecule has 2 rings (SSSR count). The van der Waals surface area contributed by atoms with Gasteiger partial charge in [-0.1, -0.05) is 15.9 Å². The van der Waals surface area contributed by atoms with Crippen molar-refractivity contribution in [2.45, 2.75) is 6.42 Å². The molecular formula is C14H13Br2N3O2. The number of rotatable bonds is 4. The van der Waals surface area contributed by atoms with Gasteiger partial charge in [0.15, 0.2) is 0 Å². The Morgan fingerprint density at radius 3 is 2.86 bits per heavy atom. The van der Waals surface area contributed by atoms with Gasteiger partial charge < -0.3 is 9.67 Å². The molecule has 1 heterocycles. The van der Waals surface area contributed by atoms with Crippen LogP contribution in [0, 0.1) is 0 Å². The number of phenols is 1. The number of halogens is 2. The third-order valence-electron chi connectivity index (χ3n) is 2.85. The van der Waals surface area contributed by atoms with Crippen molar-refractivity contribution in [1.82, 2.24) is 9.99 Å². The molecular weight excluding hydrogens is 402 g/mol. The smallest absolute Gasteiger partial charge is 0.245 e. The molecule has 0 spiro atoms. The van der Waals surface area contributed by atoms with Crippen LogP contribution in [-0.2, 0) is 18.3 Å². The summed E-state index contributed by atoms with van der Waals surface area (Å²) >= 11 is 6.57. The third kappa shape index (κ3) is 4.18. The minimum atomic E-state index is -0.203. The number of hydrogen-bond acceptors (Lipinski definition) is 3. The first-order valence-corrected chi connectivity index (χ1v) is 7.66. The minimum Gasteiger partial charge on any atom is -0.507 e. The molecule has 1 amide bonds. The predicted molar refractivity (Wildman–Crippen MR) is 88.4 cm³/mol. The van der Waals surface area contributed by atoms with Crippen LogP contribution < -0.4 is 5.43 Å². The van der Waals surface area contributed by atoms with E-state index in [-0.39, 0.29) is 18.1 Å². The number of aryl methyl sites for hydroxylation is 1. The summed E-state index contributed by atoms with van der Waals surface area (Å²) in [5.74, 6) is -0.0970. The van der Waals surface area contributed by atoms with E-state index in [1.807, 2.05) is 29.9 Å². The number of amides is 1. The summed E-state index contributed by atoms with van der Waals surface area (Å²) < 4.78 is 3.22. The fourth-order valence-electron chi connectivity index (χ4n) is 1.71. The van der Waals surface area contributed by atoms with Gasteiger partial charge in [-0.25, -0.2) is 5.43 Å². The summed E-state index contributed by atoms with van der Waals surface area (Å²) in [5.41, 5.74) is 4.03. The molecule has 1 aromatic heterocycles. The van der Waals surface area contributed by atoms with Crippen LogP contribution in [0.1, 0.15) is 11.3 Å². The van der Waals surface area contributed by atoms with Gasteiger partial charge in [-0.2, -0.15) is 5.10 Å². The Hall–Kier alpha value is -1.60. The molecule has 0 aliphatic heterocycles. The normalized spacial score (nSPS) is 11.0. The topological polar surface area (TPSA) is 66.6 Å². The van der Waals surface area contributed by atoms with Crippen LogP contribution in [0.5, 0.6) is 5.75 Å². The van der Waals surface area contributed by atoms with E-state index in [1.54, 1.807) is 12.1 Å². The molecule has 2 N–H and O–H groups in total. The van der Waals surface area contributed by atoms with E-state index in [0.717, 1.165) is 10.2 Å². The van der Waals surface area contributed by atoms with Crippen LogP contribution in [0.15, 0.2) is 44.5 Å². The number of carbonyl (C=O) groups is 1. The van der Waals surface area contributed by atoms with E-state index < -0.39 is 0 Å². The standard InChI is InChI=1S/C14H13Br2N3O2/c1-19-4-2-3-10(19)6-14(21)18-17-8-9-5-13(20)12(16)7-11(9)15/h2-5,7-8,20H,6H2,1H3,(H,18,21)/b17-8-. The SMILES string of the molecule is Cn1cccc1CC(=O)N/N=C\c1cc(O)c(Br)cc1Br. The zero-order chi connectivity index (χ0) is 15.4. The van der Waals surface area contributed by atoms with Gasteiger partial charge >= 0.3 is 0 Å². The second kappa shape index (κ2) is 6.91. The van der Waals surface area contributed by atoms with Crippen LogP contribution in [0.4, 0.5) is 0 Å². The Kier molecular flexibility index (Phi) is 5.19. The van der Waals surface area contributed by atoms with Crippen LogP contribution in [0.2, 0.25) is 0 Å². The molecule has 0 atom stereocenters. The quantitative estimate of drug-likeness (QED) is 0.596. The maximum atomic E-state index is 11.8. The molecule has 0 fully saturated rings. The van der Waals surface area contributed by atoms with Crippen molar-refractivity contribution in [3.63, 3.8) is 0 Å². The molecule has 110 valence electrons. The molecule has 2 aromatic rings. The van der Waals surface area contributed by atoms with Gasteiger partial charge in [0.2, 0.25) is 5.91 Å². The van der Waals surface area contributed by atoms with E-state index in [1.165, 1.54) is 6.21 Å². The van der Waals surface area contributed by atoms with Crippen molar-refractivity contribution in [3.8, 4) is 5.75 Å². The molecule has 0 radical (unpaired) electrons. The van der Waals surface area contributed by atoms with E-state index in [9.17, 15) is 9.90 Å². The van der Waals surface area contributed by atoms with E-state index in [4.69, 9.17) is 0 Å². The van der Waals surface area contributed by atoms with Crippen molar-refractivity contribution in [2.75, 3.05) is 0 Å². The number of carbonyl (C=O) groups excluding carboxylic acids is 1. The van der Waals surface area contributed by atoms with Crippen LogP contribution in [0.25, 0.3) is 0 Å². The summed E-state index contributed by atoms with van der Waals surface area (Å²) in [4.78, 5) is 11.8. The highest BCUT2D eigenvalue weighted by Crippen LogP contribution is 2.29. The highest BCUT2D eigenvalue weighted by molar-refractivity contribution is 9.11. The van der Waals surface area contributed by atoms with Gasteiger partial charge in [0, 0.05) is 29.0 Å². The number of hydrogen-bond donors (Lipinski definition) is 2. The molecule has 0 unspecified atom stereocenters. The van der Waals surface area contributed by atoms with Gasteiger partial charge in [-0.05, 0) is 40.2 Å². The lowest BCUT2D eigenvalue weighted by molar-refractivity contribution is -0.120. The number of benzene rings is 1. The number of nitrogens with one attached hydrogen (secondary N) is 1. The first-order chi connectivity index (χ1) is 9.97. The van der Waals surface area contributed by atoms with Crippen molar-refractivity contribution < 1.29 is 9.90 Å². The van der Waals surface area contributed by atoms with Crippen molar-refractivity contribution in [1.29, 1.82) is 0 Å². The number of aromatic hydroxyl groups is 1. The average molecular weight is 415 g/mol. The second-order valence-electron chi connectivity index (χ2n) is 4.41. The van der Waals surface area contributed by atoms with Gasteiger partial charge in [0.25, 0.3) is 0 Å². The monoisotopic (exact) mass is 413 g/mol. The van der Waals surface area contributed by atoms with Crippen LogP contribution >= 0.6 is 31.9 Å². The summed E-state index contributed by atoms with van der Waals surface area (Å²) in [6.07, 6.45) is 3.61. The minimum absolute atomic E-state index is 0.106. The van der Waals surface area contributed by atoms with Crippen LogP contribution in [-0.4, -0.2) is 21.8 Å². The van der Waals surface area contributed by atoms with Crippen molar-refractivity contribution >= 4 is 44.0 Å². The maximum absolute atomic E-state index is 11.8. The Labute approximate surface area is 138 Å². The molecule has 0 saturated heterocycles. The fourth-order valence-corrected chi connectivity index (χ4v) is 2.81. The number of phenolic OH excluding ortho intramolecular Hbond substituents is 1. The molecule has 0 bridgehead atoms. The molecule has 0 aliphatic rings. The molecule has 0 aliphatic carbocycles. The van der Waals surface area contributed by atoms with Crippen molar-refractivity contribution in [2.24, 2.45) is 12.1 Å². The summed E-state index contributed by atoms with van der Waals surface area (Å²) in [6, 6.07) is 7.02. The molecule has 1 aromatic carbocycles. The largest absolute Gasteiger partial charge is 0.507 e. The number of nitrogens with zero attached hydrogens (tertiary/aromatic N) is 2. The Balaban J connectivity index is 1.98. The second-order valence-corrected chi connectivity index (χ2v) is 6.11. The van der Waals surface area contributed by atoms with E-state index >= 15 is 0 Å². The summed E-state index contributed by atoms with van der Waals surface area (Å²) in [6.45, 7) is 0. The third-order valence-corrected chi connectivity index (χ3v) is 4.17. The number of aromatic nitrogens is 1. The Morgan fingerprint density at radius 1 is 1.43 bits per heavy atom. The lowest BCUT2D eigenvalue weighted by Gasteiger charge is -2.03. The summed E-state index contributed by atoms with van der Waals surface area (Å²) in [7, 11) is 1.88. The number of hydrazone groups is 1. The lowest BCUT2D eigenvalue weighted by Crippen LogP contribution is -2.20. The molecule has 7 heteroatoms. The first kappa shape index (κ1) is 15.8. The predicted octanol–water partition coefficient (Wildman–Crippen LogP) is 2.95. The van der Waals surface area contributed by atoms with Gasteiger partial charge in [-0.15, -0.1) is 0 Å². The van der Waals surface area contributed by atoms with Gasteiger partial charge in [0.05, 0.1) is 17.1 Å². The van der Waals surface area contributed by atoms with Gasteiger partial charge in [-0.3, -0.25) is 4.79 Å². The molecule has 21 heavy (non-hydrogen) atoms. The summed E-state index contributed by atoms with van der Waals surface area (Å²) in [5, 5.41) is 13.5. The molecule has 0 saturated carbocycles. The van der Waals surface area contributed by atoms with Gasteiger partial charge in [0.1, 0.15) is 5.75 Å². The zero-order valence-corrected chi connectivity index (χ0v) is 14.3. The Bertz CT molecular complexity index is 696. The van der Waals surface area contributed by atoms with Crippen LogP contribution in [0.3, 0.4) is 0 Å². The van der Waals surface area contributed by atoms with Crippen molar-refractivity contribution in [3.05, 3.63) is 50.7 Å². The van der Waals surface area contributed by atoms with E-state index in [0.29, 0.717) is 10.0 Å². The van der Waals surface area contributed by atoms with E-state index in [2.05, 4.69) is 42.4 Å². The molecule has 5 nitrogen and oxygen atoms in total. The lowest BCUT2D eigenvalue weighted by atomic mass is 10.2. The Morgan fingerprint density at radius 2 is 2.19 bits per heavy atom. The maximum Gasteiger partial charge on any atom is 0.245 e. The average Bonchev–Trinajstić information content (AvgIpc) is 2.81. The first-order valence-electron chi connectivity index (χ1n) is 6.07. The zero-order valence-electron chi connectivity index (χ0n) is 11.2.